The van der Waals surface area contributed by atoms with Crippen LogP contribution in [0.2, 0.25) is 5.02 Å². The molecule has 2 aromatic carbocycles. The van der Waals surface area contributed by atoms with Crippen molar-refractivity contribution in [3.05, 3.63) is 77.1 Å². The van der Waals surface area contributed by atoms with Gasteiger partial charge in [-0.3, -0.25) is 9.69 Å². The van der Waals surface area contributed by atoms with Gasteiger partial charge in [-0.25, -0.2) is 4.68 Å². The van der Waals surface area contributed by atoms with E-state index < -0.39 is 0 Å². The maximum absolute atomic E-state index is 12.7. The second kappa shape index (κ2) is 12.2. The van der Waals surface area contributed by atoms with Gasteiger partial charge in [-0.1, -0.05) is 43.6 Å². The maximum atomic E-state index is 12.7. The molecule has 4 rings (SSSR count). The predicted octanol–water partition coefficient (Wildman–Crippen LogP) is 5.13. The number of hydrogen-bond acceptors (Lipinski definition) is 4. The molecule has 1 amide bonds. The molecule has 0 spiro atoms. The van der Waals surface area contributed by atoms with E-state index in [0.717, 1.165) is 55.2 Å². The van der Waals surface area contributed by atoms with Gasteiger partial charge in [-0.05, 0) is 73.6 Å². The molecule has 0 atom stereocenters. The quantitative estimate of drug-likeness (QED) is 0.424. The van der Waals surface area contributed by atoms with Crippen molar-refractivity contribution in [2.24, 2.45) is 11.8 Å². The van der Waals surface area contributed by atoms with E-state index in [1.165, 1.54) is 0 Å². The summed E-state index contributed by atoms with van der Waals surface area (Å²) in [5.74, 6) is 1.90. The largest absolute Gasteiger partial charge is 0.493 e. The maximum Gasteiger partial charge on any atom is 0.227 e. The van der Waals surface area contributed by atoms with E-state index in [0.29, 0.717) is 30.1 Å². The molecule has 1 aromatic heterocycles. The molecule has 7 heteroatoms. The van der Waals surface area contributed by atoms with Crippen LogP contribution in [-0.2, 0) is 17.6 Å². The Morgan fingerprint density at radius 2 is 1.83 bits per heavy atom. The van der Waals surface area contributed by atoms with Crippen LogP contribution < -0.4 is 10.1 Å². The van der Waals surface area contributed by atoms with Gasteiger partial charge in [0.05, 0.1) is 31.1 Å². The molecule has 1 saturated heterocycles. The van der Waals surface area contributed by atoms with Gasteiger partial charge < -0.3 is 10.1 Å². The van der Waals surface area contributed by atoms with Crippen LogP contribution in [0.1, 0.15) is 38.1 Å². The summed E-state index contributed by atoms with van der Waals surface area (Å²) >= 11 is 5.93. The number of carbonyl (C=O) groups excluding carboxylic acids is 1. The lowest BCUT2D eigenvalue weighted by Gasteiger charge is -2.31. The molecule has 186 valence electrons. The van der Waals surface area contributed by atoms with Crippen LogP contribution in [0.15, 0.2) is 60.7 Å². The number of ether oxygens (including phenoxy) is 1. The molecule has 2 heterocycles. The molecule has 0 unspecified atom stereocenters. The molecule has 0 aliphatic carbocycles. The molecule has 3 aromatic rings. The highest BCUT2D eigenvalue weighted by molar-refractivity contribution is 6.30. The lowest BCUT2D eigenvalue weighted by molar-refractivity contribution is -0.121. The van der Waals surface area contributed by atoms with Crippen molar-refractivity contribution in [2.75, 3.05) is 26.4 Å². The van der Waals surface area contributed by atoms with Gasteiger partial charge in [0.25, 0.3) is 0 Å². The average Bonchev–Trinajstić information content (AvgIpc) is 3.24. The van der Waals surface area contributed by atoms with Crippen molar-refractivity contribution < 1.29 is 9.53 Å². The van der Waals surface area contributed by atoms with Crippen molar-refractivity contribution in [3.8, 4) is 11.4 Å². The number of nitrogens with one attached hydrogen (secondary N) is 1. The third kappa shape index (κ3) is 7.58. The number of aromatic nitrogens is 2. The zero-order chi connectivity index (χ0) is 24.6. The van der Waals surface area contributed by atoms with E-state index in [9.17, 15) is 4.79 Å². The SMILES string of the molecule is CC(C)Cc1cc(CC(=O)NCN2CCC(COc3ccc(Cl)cc3)CC2)nn1-c1ccccc1. The summed E-state index contributed by atoms with van der Waals surface area (Å²) in [6, 6.07) is 19.7. The minimum atomic E-state index is 0.00649. The van der Waals surface area contributed by atoms with Crippen molar-refractivity contribution in [1.82, 2.24) is 20.0 Å². The zero-order valence-corrected chi connectivity index (χ0v) is 21.4. The lowest BCUT2D eigenvalue weighted by Crippen LogP contribution is -2.43. The van der Waals surface area contributed by atoms with Gasteiger partial charge in [0.2, 0.25) is 5.91 Å². The number of piperidine rings is 1. The van der Waals surface area contributed by atoms with Crippen molar-refractivity contribution in [1.29, 1.82) is 0 Å². The Kier molecular flexibility index (Phi) is 8.83. The number of benzene rings is 2. The fourth-order valence-corrected chi connectivity index (χ4v) is 4.53. The fraction of sp³-hybridized carbons (Fsp3) is 0.429. The van der Waals surface area contributed by atoms with Crippen LogP contribution in [0, 0.1) is 11.8 Å². The summed E-state index contributed by atoms with van der Waals surface area (Å²) in [7, 11) is 0. The number of halogens is 1. The summed E-state index contributed by atoms with van der Waals surface area (Å²) in [6.07, 6.45) is 3.32. The summed E-state index contributed by atoms with van der Waals surface area (Å²) < 4.78 is 7.88. The van der Waals surface area contributed by atoms with Gasteiger partial charge in [0, 0.05) is 23.8 Å². The zero-order valence-electron chi connectivity index (χ0n) is 20.6. The lowest BCUT2D eigenvalue weighted by atomic mass is 9.98. The number of nitrogens with zero attached hydrogens (tertiary/aromatic N) is 3. The highest BCUT2D eigenvalue weighted by Gasteiger charge is 2.20. The number of para-hydroxylation sites is 1. The Morgan fingerprint density at radius 3 is 2.51 bits per heavy atom. The highest BCUT2D eigenvalue weighted by atomic mass is 35.5. The number of hydrogen-bond donors (Lipinski definition) is 1. The second-order valence-corrected chi connectivity index (χ2v) is 10.2. The van der Waals surface area contributed by atoms with Crippen LogP contribution >= 0.6 is 11.6 Å². The molecule has 6 nitrogen and oxygen atoms in total. The molecule has 0 saturated carbocycles. The van der Waals surface area contributed by atoms with Gasteiger partial charge in [0.15, 0.2) is 0 Å². The molecule has 35 heavy (non-hydrogen) atoms. The molecular formula is C28H35ClN4O2. The van der Waals surface area contributed by atoms with Crippen LogP contribution in [-0.4, -0.2) is 47.0 Å². The van der Waals surface area contributed by atoms with Crippen LogP contribution in [0.4, 0.5) is 0 Å². The first-order valence-electron chi connectivity index (χ1n) is 12.5. The van der Waals surface area contributed by atoms with Gasteiger partial charge in [-0.15, -0.1) is 0 Å². The Balaban J connectivity index is 1.22. The third-order valence-corrected chi connectivity index (χ3v) is 6.55. The standard InChI is InChI=1S/C28H35ClN4O2/c1-21(2)16-26-17-24(31-33(26)25-6-4-3-5-7-25)18-28(34)30-20-32-14-12-22(13-15-32)19-35-27-10-8-23(29)9-11-27/h3-11,17,21-22H,12-16,18-20H2,1-2H3,(H,30,34). The second-order valence-electron chi connectivity index (χ2n) is 9.73. The summed E-state index contributed by atoms with van der Waals surface area (Å²) in [4.78, 5) is 15.0. The Bertz CT molecular complexity index is 1070. The first-order valence-corrected chi connectivity index (χ1v) is 12.8. The van der Waals surface area contributed by atoms with Crippen LogP contribution in [0.25, 0.3) is 5.69 Å². The number of carbonyl (C=O) groups is 1. The molecule has 0 radical (unpaired) electrons. The summed E-state index contributed by atoms with van der Waals surface area (Å²) in [5.41, 5.74) is 2.97. The first-order chi connectivity index (χ1) is 17.0. The molecule has 1 aliphatic rings. The molecular weight excluding hydrogens is 460 g/mol. The number of likely N-dealkylation sites (tertiary alicyclic amines) is 1. The normalized spacial score (nSPS) is 14.9. The smallest absolute Gasteiger partial charge is 0.227 e. The Morgan fingerprint density at radius 1 is 1.11 bits per heavy atom. The van der Waals surface area contributed by atoms with E-state index in [1.807, 2.05) is 59.3 Å². The van der Waals surface area contributed by atoms with Crippen LogP contribution in [0.3, 0.4) is 0 Å². The monoisotopic (exact) mass is 494 g/mol. The van der Waals surface area contributed by atoms with Crippen molar-refractivity contribution in [3.63, 3.8) is 0 Å². The Labute approximate surface area is 213 Å². The Hall–Kier alpha value is -2.83. The molecule has 1 N–H and O–H groups in total. The van der Waals surface area contributed by atoms with Crippen LogP contribution in [0.5, 0.6) is 5.75 Å². The third-order valence-electron chi connectivity index (χ3n) is 6.30. The van der Waals surface area contributed by atoms with Crippen molar-refractivity contribution in [2.45, 2.75) is 39.5 Å². The molecule has 0 bridgehead atoms. The number of rotatable bonds is 10. The predicted molar refractivity (Wildman–Crippen MR) is 140 cm³/mol. The van der Waals surface area contributed by atoms with Gasteiger partial charge in [-0.2, -0.15) is 5.10 Å². The van der Waals surface area contributed by atoms with E-state index >= 15 is 0 Å². The van der Waals surface area contributed by atoms with Crippen molar-refractivity contribution >= 4 is 17.5 Å². The highest BCUT2D eigenvalue weighted by Crippen LogP contribution is 2.21. The van der Waals surface area contributed by atoms with Gasteiger partial charge in [0.1, 0.15) is 5.75 Å². The molecule has 1 fully saturated rings. The first kappa shape index (κ1) is 25.3. The topological polar surface area (TPSA) is 59.4 Å². The van der Waals surface area contributed by atoms with Gasteiger partial charge >= 0.3 is 0 Å². The van der Waals surface area contributed by atoms with E-state index in [-0.39, 0.29) is 12.3 Å². The summed E-state index contributed by atoms with van der Waals surface area (Å²) in [5, 5.41) is 8.55. The van der Waals surface area contributed by atoms with E-state index in [2.05, 4.69) is 30.1 Å². The van der Waals surface area contributed by atoms with E-state index in [4.69, 9.17) is 21.4 Å². The molecule has 1 aliphatic heterocycles. The average molecular weight is 495 g/mol. The fourth-order valence-electron chi connectivity index (χ4n) is 4.40. The summed E-state index contributed by atoms with van der Waals surface area (Å²) in [6.45, 7) is 7.59. The minimum Gasteiger partial charge on any atom is -0.493 e. The number of amides is 1. The minimum absolute atomic E-state index is 0.00649. The van der Waals surface area contributed by atoms with E-state index in [1.54, 1.807) is 0 Å².